The zero-order chi connectivity index (χ0) is 16.4. The van der Waals surface area contributed by atoms with E-state index in [4.69, 9.17) is 4.74 Å². The van der Waals surface area contributed by atoms with Crippen molar-refractivity contribution in [2.75, 3.05) is 20.7 Å². The van der Waals surface area contributed by atoms with Gasteiger partial charge in [-0.1, -0.05) is 6.07 Å². The third-order valence-corrected chi connectivity index (χ3v) is 3.94. The van der Waals surface area contributed by atoms with Crippen LogP contribution in [-0.4, -0.2) is 42.3 Å². The third kappa shape index (κ3) is 3.08. The highest BCUT2D eigenvalue weighted by atomic mass is 16.5. The normalized spacial score (nSPS) is 16.4. The van der Waals surface area contributed by atoms with Crippen molar-refractivity contribution in [1.82, 2.24) is 9.88 Å². The first-order chi connectivity index (χ1) is 11.1. The summed E-state index contributed by atoms with van der Waals surface area (Å²) >= 11 is 0. The van der Waals surface area contributed by atoms with Crippen molar-refractivity contribution in [3.63, 3.8) is 0 Å². The number of ether oxygens (including phenoxy) is 1. The van der Waals surface area contributed by atoms with Gasteiger partial charge in [0, 0.05) is 32.3 Å². The van der Waals surface area contributed by atoms with Crippen LogP contribution < -0.4 is 4.74 Å². The Bertz CT molecular complexity index is 741. The van der Waals surface area contributed by atoms with E-state index in [9.17, 15) is 9.59 Å². The van der Waals surface area contributed by atoms with E-state index in [1.807, 2.05) is 24.3 Å². The summed E-state index contributed by atoms with van der Waals surface area (Å²) in [6, 6.07) is 11.1. The second kappa shape index (κ2) is 6.20. The lowest BCUT2D eigenvalue weighted by Crippen LogP contribution is -2.33. The number of carbonyl (C=O) groups is 2. The molecule has 1 aliphatic rings. The van der Waals surface area contributed by atoms with Crippen LogP contribution in [0.5, 0.6) is 5.75 Å². The minimum atomic E-state index is -0.434. The summed E-state index contributed by atoms with van der Waals surface area (Å²) in [4.78, 5) is 30.3. The van der Waals surface area contributed by atoms with Crippen LogP contribution in [0.4, 0.5) is 0 Å². The molecule has 118 valence electrons. The van der Waals surface area contributed by atoms with E-state index in [1.165, 1.54) is 4.90 Å². The quantitative estimate of drug-likeness (QED) is 0.873. The van der Waals surface area contributed by atoms with Gasteiger partial charge in [0.1, 0.15) is 5.75 Å². The van der Waals surface area contributed by atoms with E-state index in [-0.39, 0.29) is 24.7 Å². The van der Waals surface area contributed by atoms with Crippen molar-refractivity contribution < 1.29 is 14.3 Å². The molecule has 0 fully saturated rings. The maximum atomic E-state index is 12.7. The van der Waals surface area contributed by atoms with Crippen molar-refractivity contribution in [2.45, 2.75) is 6.42 Å². The summed E-state index contributed by atoms with van der Waals surface area (Å²) in [7, 11) is 3.37. The highest BCUT2D eigenvalue weighted by Gasteiger charge is 2.31. The smallest absolute Gasteiger partial charge is 0.222 e. The van der Waals surface area contributed by atoms with Gasteiger partial charge in [0.15, 0.2) is 5.78 Å². The molecule has 0 bridgehead atoms. The molecular weight excluding hydrogens is 292 g/mol. The summed E-state index contributed by atoms with van der Waals surface area (Å²) in [5.74, 6) is 0.0233. The average Bonchev–Trinajstić information content (AvgIpc) is 2.58. The molecular formula is C18H18N2O3. The molecule has 5 nitrogen and oxygen atoms in total. The van der Waals surface area contributed by atoms with Gasteiger partial charge < -0.3 is 9.64 Å². The Morgan fingerprint density at radius 2 is 2.13 bits per heavy atom. The Morgan fingerprint density at radius 3 is 2.83 bits per heavy atom. The van der Waals surface area contributed by atoms with Gasteiger partial charge in [-0.3, -0.25) is 14.6 Å². The molecule has 0 N–H and O–H groups in total. The predicted octanol–water partition coefficient (Wildman–Crippen LogP) is 2.42. The number of fused-ring (bicyclic) bond motifs is 1. The number of Topliss-reactive ketones (excluding diaryl/α,β-unsaturated/α-hetero) is 1. The van der Waals surface area contributed by atoms with Gasteiger partial charge in [0.25, 0.3) is 0 Å². The number of pyridine rings is 1. The maximum Gasteiger partial charge on any atom is 0.222 e. The molecule has 1 unspecified atom stereocenters. The van der Waals surface area contributed by atoms with Gasteiger partial charge in [-0.2, -0.15) is 0 Å². The van der Waals surface area contributed by atoms with E-state index in [0.717, 1.165) is 11.3 Å². The second-order valence-electron chi connectivity index (χ2n) is 5.79. The zero-order valence-electron chi connectivity index (χ0n) is 13.2. The van der Waals surface area contributed by atoms with Crippen LogP contribution in [0.1, 0.15) is 16.8 Å². The number of rotatable bonds is 3. The summed E-state index contributed by atoms with van der Waals surface area (Å²) in [5, 5.41) is 0. The third-order valence-electron chi connectivity index (χ3n) is 3.94. The summed E-state index contributed by atoms with van der Waals surface area (Å²) in [6.07, 6.45) is 1.88. The first kappa shape index (κ1) is 15.2. The van der Waals surface area contributed by atoms with E-state index in [1.54, 1.807) is 32.4 Å². The largest absolute Gasteiger partial charge is 0.492 e. The number of aromatic nitrogens is 1. The van der Waals surface area contributed by atoms with E-state index in [0.29, 0.717) is 11.3 Å². The second-order valence-corrected chi connectivity index (χ2v) is 5.79. The lowest BCUT2D eigenvalue weighted by Gasteiger charge is -2.25. The van der Waals surface area contributed by atoms with Gasteiger partial charge in [-0.05, 0) is 30.3 Å². The van der Waals surface area contributed by atoms with Crippen molar-refractivity contribution in [2.24, 2.45) is 5.92 Å². The lowest BCUT2D eigenvalue weighted by atomic mass is 9.90. The van der Waals surface area contributed by atoms with Crippen molar-refractivity contribution >= 4 is 11.7 Å². The number of amides is 1. The molecule has 0 radical (unpaired) electrons. The molecule has 0 saturated carbocycles. The molecule has 0 aliphatic carbocycles. The van der Waals surface area contributed by atoms with Gasteiger partial charge in [0.2, 0.25) is 5.91 Å². The van der Waals surface area contributed by atoms with Crippen LogP contribution in [0.25, 0.3) is 11.3 Å². The molecule has 5 heteroatoms. The van der Waals surface area contributed by atoms with Crippen LogP contribution in [-0.2, 0) is 4.79 Å². The first-order valence-corrected chi connectivity index (χ1v) is 7.49. The molecule has 0 spiro atoms. The predicted molar refractivity (Wildman–Crippen MR) is 86.3 cm³/mol. The topological polar surface area (TPSA) is 59.5 Å². The van der Waals surface area contributed by atoms with Crippen LogP contribution in [0, 0.1) is 5.92 Å². The standard InChI is InChI=1S/C18H18N2O3/c1-20(2)17(21)10-13-11-23-16-7-6-12(9-14(16)18(13)22)15-5-3-4-8-19-15/h3-9,13H,10-11H2,1-2H3. The Morgan fingerprint density at radius 1 is 1.30 bits per heavy atom. The van der Waals surface area contributed by atoms with Gasteiger partial charge in [-0.15, -0.1) is 0 Å². The van der Waals surface area contributed by atoms with Crippen LogP contribution in [0.15, 0.2) is 42.6 Å². The van der Waals surface area contributed by atoms with Crippen molar-refractivity contribution in [3.8, 4) is 17.0 Å². The van der Waals surface area contributed by atoms with E-state index in [2.05, 4.69) is 4.98 Å². The molecule has 1 atom stereocenters. The van der Waals surface area contributed by atoms with Crippen LogP contribution in [0.2, 0.25) is 0 Å². The summed E-state index contributed by atoms with van der Waals surface area (Å²) in [5.41, 5.74) is 2.19. The highest BCUT2D eigenvalue weighted by molar-refractivity contribution is 6.03. The van der Waals surface area contributed by atoms with Crippen molar-refractivity contribution in [3.05, 3.63) is 48.2 Å². The Hall–Kier alpha value is -2.69. The summed E-state index contributed by atoms with van der Waals surface area (Å²) in [6.45, 7) is 0.244. The molecule has 0 saturated heterocycles. The molecule has 1 amide bonds. The Balaban J connectivity index is 1.89. The van der Waals surface area contributed by atoms with Gasteiger partial charge >= 0.3 is 0 Å². The van der Waals surface area contributed by atoms with E-state index < -0.39 is 5.92 Å². The van der Waals surface area contributed by atoms with Gasteiger partial charge in [-0.25, -0.2) is 0 Å². The number of nitrogens with zero attached hydrogens (tertiary/aromatic N) is 2. The minimum Gasteiger partial charge on any atom is -0.492 e. The molecule has 1 aromatic carbocycles. The number of benzene rings is 1. The number of ketones is 1. The monoisotopic (exact) mass is 310 g/mol. The zero-order valence-corrected chi connectivity index (χ0v) is 13.2. The number of hydrogen-bond acceptors (Lipinski definition) is 4. The maximum absolute atomic E-state index is 12.7. The molecule has 2 heterocycles. The van der Waals surface area contributed by atoms with Crippen LogP contribution in [0.3, 0.4) is 0 Å². The Kier molecular flexibility index (Phi) is 4.10. The van der Waals surface area contributed by atoms with Crippen molar-refractivity contribution in [1.29, 1.82) is 0 Å². The minimum absolute atomic E-state index is 0.0424. The van der Waals surface area contributed by atoms with Crippen LogP contribution >= 0.6 is 0 Å². The summed E-state index contributed by atoms with van der Waals surface area (Å²) < 4.78 is 5.67. The fourth-order valence-corrected chi connectivity index (χ4v) is 2.57. The molecule has 1 aromatic heterocycles. The average molecular weight is 310 g/mol. The molecule has 2 aromatic rings. The molecule has 3 rings (SSSR count). The SMILES string of the molecule is CN(C)C(=O)CC1COc2ccc(-c3ccccn3)cc2C1=O. The van der Waals surface area contributed by atoms with Gasteiger partial charge in [0.05, 0.1) is 23.8 Å². The van der Waals surface area contributed by atoms with E-state index >= 15 is 0 Å². The number of carbonyl (C=O) groups excluding carboxylic acids is 2. The lowest BCUT2D eigenvalue weighted by molar-refractivity contribution is -0.129. The fourth-order valence-electron chi connectivity index (χ4n) is 2.57. The first-order valence-electron chi connectivity index (χ1n) is 7.49. The molecule has 1 aliphatic heterocycles. The number of hydrogen-bond donors (Lipinski definition) is 0. The fraction of sp³-hybridized carbons (Fsp3) is 0.278. The highest BCUT2D eigenvalue weighted by Crippen LogP contribution is 2.32. The Labute approximate surface area is 134 Å². The molecule has 23 heavy (non-hydrogen) atoms.